The van der Waals surface area contributed by atoms with Gasteiger partial charge in [-0.25, -0.2) is 0 Å². The largest absolute Gasteiger partial charge is 0.488 e. The number of hydrogen-bond acceptors (Lipinski definition) is 4. The lowest BCUT2D eigenvalue weighted by Crippen LogP contribution is -2.00. The first kappa shape index (κ1) is 11.1. The van der Waals surface area contributed by atoms with E-state index in [0.29, 0.717) is 0 Å². The van der Waals surface area contributed by atoms with E-state index in [2.05, 4.69) is 4.18 Å². The molecule has 0 saturated heterocycles. The molecule has 0 spiro atoms. The highest BCUT2D eigenvalue weighted by Crippen LogP contribution is 2.26. The SMILES string of the molecule is O=S(=O)(F)Oc1ccc(-c2cccs2)cc1. The Bertz CT molecular complexity index is 559. The molecule has 6 heteroatoms. The molecule has 2 rings (SSSR count). The smallest absolute Gasteiger partial charge is 0.358 e. The molecule has 0 saturated carbocycles. The normalized spacial score (nSPS) is 11.3. The number of rotatable bonds is 3. The Morgan fingerprint density at radius 2 is 1.81 bits per heavy atom. The average molecular weight is 258 g/mol. The summed E-state index contributed by atoms with van der Waals surface area (Å²) in [5.74, 6) is -0.0391. The van der Waals surface area contributed by atoms with Crippen LogP contribution in [0.1, 0.15) is 0 Å². The highest BCUT2D eigenvalue weighted by atomic mass is 32.3. The van der Waals surface area contributed by atoms with Gasteiger partial charge in [-0.2, -0.15) is 8.42 Å². The van der Waals surface area contributed by atoms with Gasteiger partial charge < -0.3 is 4.18 Å². The van der Waals surface area contributed by atoms with Crippen molar-refractivity contribution < 1.29 is 16.5 Å². The van der Waals surface area contributed by atoms with Gasteiger partial charge in [-0.05, 0) is 41.3 Å². The van der Waals surface area contributed by atoms with Crippen LogP contribution in [0.25, 0.3) is 10.4 Å². The lowest BCUT2D eigenvalue weighted by Gasteiger charge is -2.01. The van der Waals surface area contributed by atoms with Crippen LogP contribution in [0.4, 0.5) is 3.89 Å². The fourth-order valence-electron chi connectivity index (χ4n) is 1.23. The first-order valence-electron chi connectivity index (χ1n) is 4.32. The molecule has 3 nitrogen and oxygen atoms in total. The minimum atomic E-state index is -4.94. The van der Waals surface area contributed by atoms with Crippen molar-refractivity contribution in [2.75, 3.05) is 0 Å². The van der Waals surface area contributed by atoms with Gasteiger partial charge in [0.1, 0.15) is 5.75 Å². The lowest BCUT2D eigenvalue weighted by atomic mass is 10.2. The molecule has 1 aromatic heterocycles. The van der Waals surface area contributed by atoms with Gasteiger partial charge >= 0.3 is 10.5 Å². The zero-order chi connectivity index (χ0) is 11.6. The van der Waals surface area contributed by atoms with Gasteiger partial charge in [-0.1, -0.05) is 9.95 Å². The minimum absolute atomic E-state index is 0.0391. The molecular weight excluding hydrogens is 251 g/mol. The van der Waals surface area contributed by atoms with Crippen LogP contribution in [-0.4, -0.2) is 8.42 Å². The summed E-state index contributed by atoms with van der Waals surface area (Å²) in [6.07, 6.45) is 0. The predicted octanol–water partition coefficient (Wildman–Crippen LogP) is 3.01. The van der Waals surface area contributed by atoms with Crippen LogP contribution in [0.3, 0.4) is 0 Å². The van der Waals surface area contributed by atoms with Gasteiger partial charge in [0.25, 0.3) is 0 Å². The van der Waals surface area contributed by atoms with Crippen LogP contribution >= 0.6 is 11.3 Å². The summed E-state index contributed by atoms with van der Waals surface area (Å²) in [6.45, 7) is 0. The monoisotopic (exact) mass is 258 g/mol. The van der Waals surface area contributed by atoms with Crippen molar-refractivity contribution in [1.29, 1.82) is 0 Å². The Hall–Kier alpha value is -1.40. The average Bonchev–Trinajstić information content (AvgIpc) is 2.69. The number of halogens is 1. The maximum atomic E-state index is 12.2. The third-order valence-corrected chi connectivity index (χ3v) is 3.17. The zero-order valence-electron chi connectivity index (χ0n) is 7.96. The van der Waals surface area contributed by atoms with Gasteiger partial charge in [0.05, 0.1) is 0 Å². The molecule has 84 valence electrons. The van der Waals surface area contributed by atoms with E-state index >= 15 is 0 Å². The number of benzene rings is 1. The first-order valence-corrected chi connectivity index (χ1v) is 6.51. The maximum absolute atomic E-state index is 12.2. The molecule has 0 radical (unpaired) electrons. The molecule has 1 aromatic carbocycles. The summed E-state index contributed by atoms with van der Waals surface area (Å²) in [5.41, 5.74) is 0.929. The second-order valence-electron chi connectivity index (χ2n) is 2.98. The van der Waals surface area contributed by atoms with E-state index in [4.69, 9.17) is 0 Å². The Labute approximate surface area is 96.5 Å². The van der Waals surface area contributed by atoms with Crippen molar-refractivity contribution in [2.24, 2.45) is 0 Å². The van der Waals surface area contributed by atoms with Gasteiger partial charge in [0.2, 0.25) is 0 Å². The molecule has 1 heterocycles. The van der Waals surface area contributed by atoms with Crippen LogP contribution in [0.2, 0.25) is 0 Å². The molecule has 0 unspecified atom stereocenters. The maximum Gasteiger partial charge on any atom is 0.488 e. The number of hydrogen-bond donors (Lipinski definition) is 0. The summed E-state index contributed by atoms with van der Waals surface area (Å²) in [4.78, 5) is 1.05. The minimum Gasteiger partial charge on any atom is -0.358 e. The molecule has 0 fully saturated rings. The topological polar surface area (TPSA) is 43.4 Å². The Morgan fingerprint density at radius 1 is 1.12 bits per heavy atom. The van der Waals surface area contributed by atoms with Crippen molar-refractivity contribution >= 4 is 21.8 Å². The fraction of sp³-hybridized carbons (Fsp3) is 0. The molecule has 0 aliphatic heterocycles. The Balaban J connectivity index is 2.24. The quantitative estimate of drug-likeness (QED) is 0.795. The van der Waals surface area contributed by atoms with Crippen molar-refractivity contribution in [3.8, 4) is 16.2 Å². The second kappa shape index (κ2) is 4.23. The molecule has 16 heavy (non-hydrogen) atoms. The van der Waals surface area contributed by atoms with E-state index in [1.807, 2.05) is 17.5 Å². The van der Waals surface area contributed by atoms with Gasteiger partial charge in [0.15, 0.2) is 0 Å². The van der Waals surface area contributed by atoms with Gasteiger partial charge in [-0.15, -0.1) is 11.3 Å². The van der Waals surface area contributed by atoms with E-state index in [1.165, 1.54) is 12.1 Å². The van der Waals surface area contributed by atoms with E-state index in [-0.39, 0.29) is 5.75 Å². The van der Waals surface area contributed by atoms with Crippen LogP contribution in [-0.2, 0) is 10.5 Å². The molecular formula is C10H7FO3S2. The van der Waals surface area contributed by atoms with Crippen LogP contribution in [0.15, 0.2) is 41.8 Å². The molecule has 0 N–H and O–H groups in total. The second-order valence-corrected chi connectivity index (χ2v) is 4.88. The Kier molecular flexibility index (Phi) is 2.93. The summed E-state index contributed by atoms with van der Waals surface area (Å²) < 4.78 is 36.7. The van der Waals surface area contributed by atoms with E-state index < -0.39 is 10.5 Å². The molecule has 0 aliphatic carbocycles. The Morgan fingerprint density at radius 3 is 2.31 bits per heavy atom. The lowest BCUT2D eigenvalue weighted by molar-refractivity contribution is 0.440. The highest BCUT2D eigenvalue weighted by molar-refractivity contribution is 7.81. The van der Waals surface area contributed by atoms with Crippen molar-refractivity contribution in [3.05, 3.63) is 41.8 Å². The predicted molar refractivity (Wildman–Crippen MR) is 60.4 cm³/mol. The summed E-state index contributed by atoms with van der Waals surface area (Å²) in [7, 11) is -4.94. The van der Waals surface area contributed by atoms with Gasteiger partial charge in [-0.3, -0.25) is 0 Å². The van der Waals surface area contributed by atoms with E-state index in [9.17, 15) is 12.3 Å². The van der Waals surface area contributed by atoms with E-state index in [1.54, 1.807) is 23.5 Å². The molecule has 0 bridgehead atoms. The van der Waals surface area contributed by atoms with Crippen molar-refractivity contribution in [2.45, 2.75) is 0 Å². The van der Waals surface area contributed by atoms with Crippen molar-refractivity contribution in [3.63, 3.8) is 0 Å². The molecule has 2 aromatic rings. The summed E-state index contributed by atoms with van der Waals surface area (Å²) >= 11 is 1.56. The third-order valence-electron chi connectivity index (χ3n) is 1.86. The summed E-state index contributed by atoms with van der Waals surface area (Å²) in [6, 6.07) is 10.0. The highest BCUT2D eigenvalue weighted by Gasteiger charge is 2.09. The third kappa shape index (κ3) is 2.80. The van der Waals surface area contributed by atoms with Crippen molar-refractivity contribution in [1.82, 2.24) is 0 Å². The van der Waals surface area contributed by atoms with Crippen LogP contribution in [0.5, 0.6) is 5.75 Å². The van der Waals surface area contributed by atoms with Crippen LogP contribution in [0, 0.1) is 0 Å². The fourth-order valence-corrected chi connectivity index (χ4v) is 2.31. The zero-order valence-corrected chi connectivity index (χ0v) is 9.59. The molecule has 0 aliphatic rings. The van der Waals surface area contributed by atoms with Crippen LogP contribution < -0.4 is 4.18 Å². The molecule has 0 amide bonds. The summed E-state index contributed by atoms with van der Waals surface area (Å²) in [5, 5.41) is 1.94. The van der Waals surface area contributed by atoms with Gasteiger partial charge in [0, 0.05) is 4.88 Å². The molecule has 0 atom stereocenters. The van der Waals surface area contributed by atoms with E-state index in [0.717, 1.165) is 10.4 Å². The number of thiophene rings is 1. The first-order chi connectivity index (χ1) is 7.54. The standard InChI is InChI=1S/C10H7FO3S2/c11-16(12,13)14-9-5-3-8(4-6-9)10-2-1-7-15-10/h1-7H.